The highest BCUT2D eigenvalue weighted by Gasteiger charge is 2.31. The smallest absolute Gasteiger partial charge is 0.0155 e. The normalized spacial score (nSPS) is 37.3. The SMILES string of the molecule is CC1CCC(NC2(C)CCCC2)CC1. The lowest BCUT2D eigenvalue weighted by molar-refractivity contribution is 0.240. The van der Waals surface area contributed by atoms with Crippen molar-refractivity contribution in [1.29, 1.82) is 0 Å². The van der Waals surface area contributed by atoms with Crippen molar-refractivity contribution in [2.24, 2.45) is 5.92 Å². The third-order valence-corrected chi connectivity index (χ3v) is 4.28. The van der Waals surface area contributed by atoms with Crippen LogP contribution in [0, 0.1) is 5.92 Å². The number of nitrogens with one attached hydrogen (secondary N) is 1. The largest absolute Gasteiger partial charge is 0.309 e. The van der Waals surface area contributed by atoms with E-state index >= 15 is 0 Å². The third kappa shape index (κ3) is 2.50. The summed E-state index contributed by atoms with van der Waals surface area (Å²) in [4.78, 5) is 0. The molecule has 0 aliphatic heterocycles. The van der Waals surface area contributed by atoms with Gasteiger partial charge in [-0.3, -0.25) is 0 Å². The predicted molar refractivity (Wildman–Crippen MR) is 61.4 cm³/mol. The van der Waals surface area contributed by atoms with Crippen LogP contribution in [0.5, 0.6) is 0 Å². The Hall–Kier alpha value is -0.0400. The highest BCUT2D eigenvalue weighted by molar-refractivity contribution is 4.91. The Balaban J connectivity index is 1.79. The van der Waals surface area contributed by atoms with E-state index < -0.39 is 0 Å². The molecular weight excluding hydrogens is 170 g/mol. The maximum atomic E-state index is 3.91. The lowest BCUT2D eigenvalue weighted by Gasteiger charge is -2.35. The van der Waals surface area contributed by atoms with Crippen LogP contribution in [0.3, 0.4) is 0 Å². The fraction of sp³-hybridized carbons (Fsp3) is 1.00. The molecule has 0 saturated heterocycles. The van der Waals surface area contributed by atoms with Gasteiger partial charge in [-0.2, -0.15) is 0 Å². The molecule has 0 heterocycles. The fourth-order valence-corrected chi connectivity index (χ4v) is 3.20. The van der Waals surface area contributed by atoms with Crippen molar-refractivity contribution in [3.8, 4) is 0 Å². The van der Waals surface area contributed by atoms with E-state index in [1.807, 2.05) is 0 Å². The van der Waals surface area contributed by atoms with E-state index in [9.17, 15) is 0 Å². The molecular formula is C13H25N. The van der Waals surface area contributed by atoms with E-state index in [4.69, 9.17) is 0 Å². The molecule has 82 valence electrons. The molecule has 0 bridgehead atoms. The molecule has 0 spiro atoms. The molecule has 2 saturated carbocycles. The molecule has 0 aromatic carbocycles. The Labute approximate surface area is 88.7 Å². The number of rotatable bonds is 2. The summed E-state index contributed by atoms with van der Waals surface area (Å²) in [5.41, 5.74) is 0.491. The van der Waals surface area contributed by atoms with Crippen molar-refractivity contribution in [2.45, 2.75) is 76.8 Å². The van der Waals surface area contributed by atoms with Gasteiger partial charge in [0, 0.05) is 11.6 Å². The van der Waals surface area contributed by atoms with Crippen molar-refractivity contribution >= 4 is 0 Å². The first-order valence-electron chi connectivity index (χ1n) is 6.46. The van der Waals surface area contributed by atoms with Gasteiger partial charge in [0.05, 0.1) is 0 Å². The summed E-state index contributed by atoms with van der Waals surface area (Å²) < 4.78 is 0. The molecule has 14 heavy (non-hydrogen) atoms. The minimum atomic E-state index is 0.491. The monoisotopic (exact) mass is 195 g/mol. The molecule has 1 N–H and O–H groups in total. The molecule has 0 unspecified atom stereocenters. The van der Waals surface area contributed by atoms with E-state index in [-0.39, 0.29) is 0 Å². The van der Waals surface area contributed by atoms with Crippen LogP contribution in [-0.2, 0) is 0 Å². The minimum Gasteiger partial charge on any atom is -0.309 e. The lowest BCUT2D eigenvalue weighted by atomic mass is 9.85. The van der Waals surface area contributed by atoms with E-state index in [1.165, 1.54) is 51.4 Å². The first kappa shape index (κ1) is 10.5. The average molecular weight is 195 g/mol. The Morgan fingerprint density at radius 3 is 2.14 bits per heavy atom. The number of hydrogen-bond donors (Lipinski definition) is 1. The molecule has 0 radical (unpaired) electrons. The van der Waals surface area contributed by atoms with Crippen molar-refractivity contribution in [3.05, 3.63) is 0 Å². The van der Waals surface area contributed by atoms with Crippen LogP contribution >= 0.6 is 0 Å². The molecule has 2 aliphatic rings. The van der Waals surface area contributed by atoms with Gasteiger partial charge < -0.3 is 5.32 Å². The third-order valence-electron chi connectivity index (χ3n) is 4.28. The zero-order valence-corrected chi connectivity index (χ0v) is 9.81. The Morgan fingerprint density at radius 1 is 1.00 bits per heavy atom. The van der Waals surface area contributed by atoms with Gasteiger partial charge in [-0.15, -0.1) is 0 Å². The van der Waals surface area contributed by atoms with Crippen LogP contribution in [0.2, 0.25) is 0 Å². The molecule has 1 heteroatoms. The molecule has 0 aromatic rings. The van der Waals surface area contributed by atoms with Crippen molar-refractivity contribution in [1.82, 2.24) is 5.32 Å². The summed E-state index contributed by atoms with van der Waals surface area (Å²) in [6.07, 6.45) is 11.4. The van der Waals surface area contributed by atoms with Crippen LogP contribution in [0.25, 0.3) is 0 Å². The van der Waals surface area contributed by atoms with Gasteiger partial charge in [-0.05, 0) is 51.4 Å². The summed E-state index contributed by atoms with van der Waals surface area (Å²) >= 11 is 0. The Kier molecular flexibility index (Phi) is 3.16. The zero-order chi connectivity index (χ0) is 10.0. The second-order valence-electron chi connectivity index (χ2n) is 5.87. The van der Waals surface area contributed by atoms with Gasteiger partial charge in [-0.1, -0.05) is 19.8 Å². The minimum absolute atomic E-state index is 0.491. The molecule has 0 amide bonds. The molecule has 1 nitrogen and oxygen atoms in total. The van der Waals surface area contributed by atoms with E-state index in [2.05, 4.69) is 19.2 Å². The molecule has 2 fully saturated rings. The van der Waals surface area contributed by atoms with Crippen molar-refractivity contribution in [2.75, 3.05) is 0 Å². The molecule has 2 aliphatic carbocycles. The maximum absolute atomic E-state index is 3.91. The second kappa shape index (κ2) is 4.22. The lowest BCUT2D eigenvalue weighted by Crippen LogP contribution is -2.47. The van der Waals surface area contributed by atoms with E-state index in [0.717, 1.165) is 12.0 Å². The Bertz CT molecular complexity index is 174. The summed E-state index contributed by atoms with van der Waals surface area (Å²) in [6.45, 7) is 4.82. The maximum Gasteiger partial charge on any atom is 0.0155 e. The first-order chi connectivity index (χ1) is 6.68. The first-order valence-corrected chi connectivity index (χ1v) is 6.46. The van der Waals surface area contributed by atoms with Gasteiger partial charge in [0.25, 0.3) is 0 Å². The Morgan fingerprint density at radius 2 is 1.57 bits per heavy atom. The highest BCUT2D eigenvalue weighted by atomic mass is 15.0. The van der Waals surface area contributed by atoms with Gasteiger partial charge >= 0.3 is 0 Å². The molecule has 0 atom stereocenters. The van der Waals surface area contributed by atoms with Crippen LogP contribution in [0.15, 0.2) is 0 Å². The second-order valence-corrected chi connectivity index (χ2v) is 5.87. The zero-order valence-electron chi connectivity index (χ0n) is 9.81. The predicted octanol–water partition coefficient (Wildman–Crippen LogP) is 3.49. The van der Waals surface area contributed by atoms with Gasteiger partial charge in [-0.25, -0.2) is 0 Å². The van der Waals surface area contributed by atoms with Crippen molar-refractivity contribution in [3.63, 3.8) is 0 Å². The van der Waals surface area contributed by atoms with Crippen molar-refractivity contribution < 1.29 is 0 Å². The van der Waals surface area contributed by atoms with Crippen LogP contribution in [0.1, 0.15) is 65.2 Å². The topological polar surface area (TPSA) is 12.0 Å². The quantitative estimate of drug-likeness (QED) is 0.711. The summed E-state index contributed by atoms with van der Waals surface area (Å²) in [7, 11) is 0. The van der Waals surface area contributed by atoms with Crippen LogP contribution in [-0.4, -0.2) is 11.6 Å². The summed E-state index contributed by atoms with van der Waals surface area (Å²) in [5, 5.41) is 3.91. The number of hydrogen-bond acceptors (Lipinski definition) is 1. The summed E-state index contributed by atoms with van der Waals surface area (Å²) in [6, 6.07) is 0.828. The van der Waals surface area contributed by atoms with Crippen LogP contribution in [0.4, 0.5) is 0 Å². The van der Waals surface area contributed by atoms with Crippen LogP contribution < -0.4 is 5.32 Å². The fourth-order valence-electron chi connectivity index (χ4n) is 3.20. The standard InChI is InChI=1S/C13H25N/c1-11-5-7-12(8-6-11)14-13(2)9-3-4-10-13/h11-12,14H,3-10H2,1-2H3. The highest BCUT2D eigenvalue weighted by Crippen LogP contribution is 2.32. The van der Waals surface area contributed by atoms with E-state index in [0.29, 0.717) is 5.54 Å². The van der Waals surface area contributed by atoms with Gasteiger partial charge in [0.15, 0.2) is 0 Å². The average Bonchev–Trinajstić information content (AvgIpc) is 2.57. The van der Waals surface area contributed by atoms with Gasteiger partial charge in [0.1, 0.15) is 0 Å². The molecule has 0 aromatic heterocycles. The summed E-state index contributed by atoms with van der Waals surface area (Å²) in [5.74, 6) is 0.976. The van der Waals surface area contributed by atoms with Gasteiger partial charge in [0.2, 0.25) is 0 Å². The molecule has 2 rings (SSSR count). The van der Waals surface area contributed by atoms with E-state index in [1.54, 1.807) is 0 Å².